The molecule has 0 aromatic heterocycles. The highest BCUT2D eigenvalue weighted by atomic mass is 16.5. The molecular formula is C25H28N2O5. The van der Waals surface area contributed by atoms with Crippen molar-refractivity contribution in [3.63, 3.8) is 0 Å². The normalized spacial score (nSPS) is 16.1. The van der Waals surface area contributed by atoms with Crippen LogP contribution in [0.5, 0.6) is 0 Å². The van der Waals surface area contributed by atoms with Crippen LogP contribution in [0.3, 0.4) is 0 Å². The van der Waals surface area contributed by atoms with Crippen LogP contribution in [0.1, 0.15) is 49.1 Å². The lowest BCUT2D eigenvalue weighted by molar-refractivity contribution is -0.139. The molecule has 3 N–H and O–H groups in total. The number of alkyl carbamates (subject to hydrolysis) is 1. The van der Waals surface area contributed by atoms with E-state index in [1.807, 2.05) is 36.4 Å². The maximum atomic E-state index is 12.4. The summed E-state index contributed by atoms with van der Waals surface area (Å²) < 4.78 is 5.43. The number of carbonyl (C=O) groups excluding carboxylic acids is 2. The first kappa shape index (κ1) is 21.9. The number of fused-ring (bicyclic) bond motifs is 3. The van der Waals surface area contributed by atoms with E-state index < -0.39 is 18.1 Å². The highest BCUT2D eigenvalue weighted by Gasteiger charge is 2.30. The Labute approximate surface area is 187 Å². The molecule has 2 aromatic carbocycles. The van der Waals surface area contributed by atoms with Gasteiger partial charge < -0.3 is 20.5 Å². The Kier molecular flexibility index (Phi) is 6.73. The second kappa shape index (κ2) is 9.85. The monoisotopic (exact) mass is 436 g/mol. The number of carboxylic acids is 1. The third-order valence-electron chi connectivity index (χ3n) is 6.39. The third kappa shape index (κ3) is 4.77. The Morgan fingerprint density at radius 3 is 2.16 bits per heavy atom. The molecule has 2 aromatic rings. The maximum Gasteiger partial charge on any atom is 0.407 e. The van der Waals surface area contributed by atoms with Crippen molar-refractivity contribution in [1.82, 2.24) is 10.6 Å². The number of carbonyl (C=O) groups is 3. The lowest BCUT2D eigenvalue weighted by Gasteiger charge is -2.18. The van der Waals surface area contributed by atoms with Crippen molar-refractivity contribution in [1.29, 1.82) is 0 Å². The van der Waals surface area contributed by atoms with Crippen LogP contribution in [0.25, 0.3) is 11.1 Å². The topological polar surface area (TPSA) is 105 Å². The molecule has 2 aliphatic carbocycles. The predicted octanol–water partition coefficient (Wildman–Crippen LogP) is 3.67. The number of hydrogen-bond donors (Lipinski definition) is 3. The Balaban J connectivity index is 1.30. The largest absolute Gasteiger partial charge is 0.480 e. The Hall–Kier alpha value is -3.35. The molecule has 0 spiro atoms. The summed E-state index contributed by atoms with van der Waals surface area (Å²) >= 11 is 0. The van der Waals surface area contributed by atoms with Crippen LogP contribution in [0.2, 0.25) is 0 Å². The van der Waals surface area contributed by atoms with E-state index in [4.69, 9.17) is 4.74 Å². The number of hydrogen-bond acceptors (Lipinski definition) is 4. The minimum Gasteiger partial charge on any atom is -0.480 e. The maximum absolute atomic E-state index is 12.4. The molecular weight excluding hydrogens is 408 g/mol. The van der Waals surface area contributed by atoms with Crippen LogP contribution < -0.4 is 10.6 Å². The van der Waals surface area contributed by atoms with Gasteiger partial charge in [0.1, 0.15) is 12.6 Å². The van der Waals surface area contributed by atoms with Gasteiger partial charge in [0, 0.05) is 18.4 Å². The van der Waals surface area contributed by atoms with Gasteiger partial charge in [0.25, 0.3) is 0 Å². The molecule has 0 bridgehead atoms. The van der Waals surface area contributed by atoms with Gasteiger partial charge in [-0.3, -0.25) is 4.79 Å². The summed E-state index contributed by atoms with van der Waals surface area (Å²) in [6.07, 6.45) is 3.19. The smallest absolute Gasteiger partial charge is 0.407 e. The van der Waals surface area contributed by atoms with Gasteiger partial charge in [0.05, 0.1) is 0 Å². The minimum absolute atomic E-state index is 0.0216. The molecule has 0 unspecified atom stereocenters. The zero-order valence-electron chi connectivity index (χ0n) is 17.9. The van der Waals surface area contributed by atoms with Crippen LogP contribution in [-0.2, 0) is 14.3 Å². The van der Waals surface area contributed by atoms with Crippen molar-refractivity contribution in [2.24, 2.45) is 5.92 Å². The van der Waals surface area contributed by atoms with Crippen LogP contribution in [0.4, 0.5) is 4.79 Å². The van der Waals surface area contributed by atoms with E-state index in [0.717, 1.165) is 47.9 Å². The number of benzene rings is 2. The first-order valence-corrected chi connectivity index (χ1v) is 11.2. The molecule has 0 aliphatic heterocycles. The number of rotatable bonds is 8. The van der Waals surface area contributed by atoms with Crippen molar-refractivity contribution in [2.45, 2.75) is 44.1 Å². The number of amides is 2. The highest BCUT2D eigenvalue weighted by Crippen LogP contribution is 2.44. The molecule has 1 atom stereocenters. The van der Waals surface area contributed by atoms with Gasteiger partial charge in [0.15, 0.2) is 0 Å². The van der Waals surface area contributed by atoms with Crippen molar-refractivity contribution in [3.8, 4) is 11.1 Å². The fourth-order valence-corrected chi connectivity index (χ4v) is 4.71. The van der Waals surface area contributed by atoms with E-state index in [1.54, 1.807) is 0 Å². The molecule has 0 heterocycles. The minimum atomic E-state index is -1.16. The summed E-state index contributed by atoms with van der Waals surface area (Å²) in [5.41, 5.74) is 4.42. The van der Waals surface area contributed by atoms with Gasteiger partial charge in [-0.15, -0.1) is 0 Å². The van der Waals surface area contributed by atoms with Crippen molar-refractivity contribution in [2.75, 3.05) is 13.2 Å². The summed E-state index contributed by atoms with van der Waals surface area (Å²) in [6.45, 7) is 0.306. The molecule has 2 aliphatic rings. The van der Waals surface area contributed by atoms with Gasteiger partial charge in [-0.1, -0.05) is 61.4 Å². The molecule has 0 saturated heterocycles. The number of ether oxygens (including phenoxy) is 1. The second-order valence-corrected chi connectivity index (χ2v) is 8.42. The van der Waals surface area contributed by atoms with Gasteiger partial charge >= 0.3 is 12.1 Å². The number of nitrogens with one attached hydrogen (secondary N) is 2. The Morgan fingerprint density at radius 1 is 0.969 bits per heavy atom. The number of carboxylic acid groups (broad SMARTS) is 1. The van der Waals surface area contributed by atoms with Gasteiger partial charge in [-0.05, 0) is 41.5 Å². The lowest BCUT2D eigenvalue weighted by Crippen LogP contribution is -2.44. The van der Waals surface area contributed by atoms with Crippen molar-refractivity contribution >= 4 is 18.0 Å². The molecule has 32 heavy (non-hydrogen) atoms. The van der Waals surface area contributed by atoms with Crippen molar-refractivity contribution in [3.05, 3.63) is 59.7 Å². The average Bonchev–Trinajstić information content (AvgIpc) is 3.44. The van der Waals surface area contributed by atoms with E-state index in [0.29, 0.717) is 0 Å². The molecule has 1 fully saturated rings. The first-order chi connectivity index (χ1) is 15.5. The Morgan fingerprint density at radius 2 is 1.56 bits per heavy atom. The fraction of sp³-hybridized carbons (Fsp3) is 0.400. The van der Waals surface area contributed by atoms with Crippen molar-refractivity contribution < 1.29 is 24.2 Å². The van der Waals surface area contributed by atoms with E-state index in [2.05, 4.69) is 22.8 Å². The standard InChI is InChI=1S/C25H28N2O5/c28-23(16-7-1-2-8-16)26-14-13-22(24(29)30)27-25(31)32-15-21-19-11-5-3-9-17(19)18-10-4-6-12-20(18)21/h3-6,9-12,16,21-22H,1-2,7-8,13-15H2,(H,26,28)(H,27,31)(H,29,30)/t22-/m0/s1. The average molecular weight is 437 g/mol. The zero-order valence-corrected chi connectivity index (χ0v) is 17.9. The molecule has 7 heteroatoms. The SMILES string of the molecule is O=C(N[C@@H](CCNC(=O)C1CCCC1)C(=O)O)OCC1c2ccccc2-c2ccccc21. The molecule has 1 saturated carbocycles. The molecule has 7 nitrogen and oxygen atoms in total. The van der Waals surface area contributed by atoms with E-state index in [9.17, 15) is 19.5 Å². The summed E-state index contributed by atoms with van der Waals surface area (Å²) in [4.78, 5) is 36.0. The predicted molar refractivity (Wildman–Crippen MR) is 119 cm³/mol. The van der Waals surface area contributed by atoms with Gasteiger partial charge in [0.2, 0.25) is 5.91 Å². The molecule has 0 radical (unpaired) electrons. The second-order valence-electron chi connectivity index (χ2n) is 8.42. The molecule has 4 rings (SSSR count). The van der Waals surface area contributed by atoms with Crippen LogP contribution in [-0.4, -0.2) is 42.3 Å². The van der Waals surface area contributed by atoms with Gasteiger partial charge in [-0.2, -0.15) is 0 Å². The highest BCUT2D eigenvalue weighted by molar-refractivity contribution is 5.81. The summed E-state index contributed by atoms with van der Waals surface area (Å²) in [7, 11) is 0. The fourth-order valence-electron chi connectivity index (χ4n) is 4.71. The quantitative estimate of drug-likeness (QED) is 0.586. The van der Waals surface area contributed by atoms with Crippen LogP contribution in [0.15, 0.2) is 48.5 Å². The van der Waals surface area contributed by atoms with Crippen LogP contribution >= 0.6 is 0 Å². The molecule has 168 valence electrons. The summed E-state index contributed by atoms with van der Waals surface area (Å²) in [5.74, 6) is -1.27. The lowest BCUT2D eigenvalue weighted by atomic mass is 9.98. The van der Waals surface area contributed by atoms with Gasteiger partial charge in [-0.25, -0.2) is 9.59 Å². The van der Waals surface area contributed by atoms with E-state index in [1.165, 1.54) is 0 Å². The molecule has 2 amide bonds. The summed E-state index contributed by atoms with van der Waals surface area (Å²) in [5, 5.41) is 14.7. The third-order valence-corrected chi connectivity index (χ3v) is 6.39. The van der Waals surface area contributed by atoms with E-state index in [-0.39, 0.29) is 37.3 Å². The number of aliphatic carboxylic acids is 1. The zero-order chi connectivity index (χ0) is 22.5. The van der Waals surface area contributed by atoms with Crippen LogP contribution in [0, 0.1) is 5.92 Å². The summed E-state index contributed by atoms with van der Waals surface area (Å²) in [6, 6.07) is 14.9. The first-order valence-electron chi connectivity index (χ1n) is 11.2. The van der Waals surface area contributed by atoms with E-state index >= 15 is 0 Å². The Bertz CT molecular complexity index is 954.